The highest BCUT2D eigenvalue weighted by atomic mass is 16.5. The number of aliphatic imine (C=N–C) groups is 1. The van der Waals surface area contributed by atoms with Gasteiger partial charge in [0.05, 0.1) is 6.10 Å². The lowest BCUT2D eigenvalue weighted by molar-refractivity contribution is 0.156. The van der Waals surface area contributed by atoms with Crippen molar-refractivity contribution < 1.29 is 4.74 Å². The van der Waals surface area contributed by atoms with Crippen LogP contribution in [0.5, 0.6) is 0 Å². The predicted octanol–water partition coefficient (Wildman–Crippen LogP) is 3.60. The average molecular weight is 221 g/mol. The Morgan fingerprint density at radius 1 is 1.50 bits per heavy atom. The fourth-order valence-corrected chi connectivity index (χ4v) is 2.33. The fourth-order valence-electron chi connectivity index (χ4n) is 2.33. The maximum absolute atomic E-state index is 5.21. The molecule has 0 radical (unpaired) electrons. The molecule has 0 bridgehead atoms. The van der Waals surface area contributed by atoms with Crippen LogP contribution in [0, 0.1) is 11.8 Å². The smallest absolute Gasteiger partial charge is 0.0727 e. The normalized spacial score (nSPS) is 28.6. The topological polar surface area (TPSA) is 21.6 Å². The average Bonchev–Trinajstić information content (AvgIpc) is 2.70. The van der Waals surface area contributed by atoms with E-state index in [4.69, 9.17) is 4.74 Å². The van der Waals surface area contributed by atoms with Crippen molar-refractivity contribution in [3.63, 3.8) is 0 Å². The van der Waals surface area contributed by atoms with Gasteiger partial charge < -0.3 is 4.74 Å². The molecule has 3 unspecified atom stereocenters. The summed E-state index contributed by atoms with van der Waals surface area (Å²) in [6.45, 7) is 7.91. The quantitative estimate of drug-likeness (QED) is 0.513. The molecular weight excluding hydrogens is 198 g/mol. The van der Waals surface area contributed by atoms with Crippen LogP contribution in [0.1, 0.15) is 33.1 Å². The summed E-state index contributed by atoms with van der Waals surface area (Å²) in [7, 11) is 1.72. The minimum Gasteiger partial charge on any atom is -0.378 e. The van der Waals surface area contributed by atoms with Crippen molar-refractivity contribution in [3.8, 4) is 0 Å². The van der Waals surface area contributed by atoms with Crippen molar-refractivity contribution in [1.29, 1.82) is 0 Å². The van der Waals surface area contributed by atoms with Crippen LogP contribution in [0.4, 0.5) is 0 Å². The zero-order chi connectivity index (χ0) is 12.0. The molecule has 1 fully saturated rings. The summed E-state index contributed by atoms with van der Waals surface area (Å²) < 4.78 is 5.21. The zero-order valence-corrected chi connectivity index (χ0v) is 10.6. The standard InChI is InChI=1S/C14H23NO/c1-11-6-5-7-14(11)13(10-15-3)9-8-12(2)16-4/h8-12,14H,3,5-7H2,1-2,4H3/b9-8-,13-10-. The number of hydrogen-bond donors (Lipinski definition) is 0. The molecule has 2 nitrogen and oxygen atoms in total. The van der Waals surface area contributed by atoms with E-state index in [1.807, 2.05) is 13.1 Å². The highest BCUT2D eigenvalue weighted by molar-refractivity contribution is 5.30. The molecule has 0 N–H and O–H groups in total. The second-order valence-corrected chi connectivity index (χ2v) is 4.63. The van der Waals surface area contributed by atoms with E-state index in [1.165, 1.54) is 24.8 Å². The Morgan fingerprint density at radius 2 is 2.25 bits per heavy atom. The van der Waals surface area contributed by atoms with Crippen LogP contribution < -0.4 is 0 Å². The molecule has 0 spiro atoms. The minimum atomic E-state index is 0.157. The van der Waals surface area contributed by atoms with Crippen molar-refractivity contribution in [3.05, 3.63) is 23.9 Å². The van der Waals surface area contributed by atoms with E-state index < -0.39 is 0 Å². The summed E-state index contributed by atoms with van der Waals surface area (Å²) in [4.78, 5) is 3.91. The summed E-state index contributed by atoms with van der Waals surface area (Å²) in [5.74, 6) is 1.40. The second-order valence-electron chi connectivity index (χ2n) is 4.63. The van der Waals surface area contributed by atoms with Crippen LogP contribution in [0.2, 0.25) is 0 Å². The lowest BCUT2D eigenvalue weighted by Crippen LogP contribution is -2.07. The maximum atomic E-state index is 5.21. The van der Waals surface area contributed by atoms with Crippen molar-refractivity contribution in [2.24, 2.45) is 16.8 Å². The Balaban J connectivity index is 2.71. The van der Waals surface area contributed by atoms with Crippen molar-refractivity contribution in [2.75, 3.05) is 7.11 Å². The molecule has 0 amide bonds. The number of rotatable bonds is 5. The van der Waals surface area contributed by atoms with Crippen LogP contribution in [0.15, 0.2) is 28.9 Å². The van der Waals surface area contributed by atoms with Crippen LogP contribution in [-0.4, -0.2) is 19.9 Å². The third-order valence-electron chi connectivity index (χ3n) is 3.46. The summed E-state index contributed by atoms with van der Waals surface area (Å²) >= 11 is 0. The molecule has 1 aliphatic carbocycles. The first-order valence-electron chi connectivity index (χ1n) is 6.06. The highest BCUT2D eigenvalue weighted by Gasteiger charge is 2.25. The lowest BCUT2D eigenvalue weighted by Gasteiger charge is -2.16. The Kier molecular flexibility index (Phi) is 5.47. The monoisotopic (exact) mass is 221 g/mol. The van der Waals surface area contributed by atoms with Gasteiger partial charge in [0, 0.05) is 13.3 Å². The van der Waals surface area contributed by atoms with Gasteiger partial charge in [0.1, 0.15) is 0 Å². The van der Waals surface area contributed by atoms with Crippen molar-refractivity contribution >= 4 is 6.72 Å². The van der Waals surface area contributed by atoms with Crippen LogP contribution >= 0.6 is 0 Å². The largest absolute Gasteiger partial charge is 0.378 e. The highest BCUT2D eigenvalue weighted by Crippen LogP contribution is 2.37. The first-order valence-corrected chi connectivity index (χ1v) is 6.06. The third kappa shape index (κ3) is 3.60. The maximum Gasteiger partial charge on any atom is 0.0727 e. The molecular formula is C14H23NO. The Morgan fingerprint density at radius 3 is 2.75 bits per heavy atom. The summed E-state index contributed by atoms with van der Waals surface area (Å²) in [6.07, 6.45) is 10.2. The number of methoxy groups -OCH3 is 1. The number of hydrogen-bond acceptors (Lipinski definition) is 2. The molecule has 0 aromatic carbocycles. The summed E-state index contributed by atoms with van der Waals surface area (Å²) in [5.41, 5.74) is 1.30. The molecule has 0 heterocycles. The number of nitrogens with zero attached hydrogens (tertiary/aromatic N) is 1. The van der Waals surface area contributed by atoms with Crippen LogP contribution in [0.25, 0.3) is 0 Å². The van der Waals surface area contributed by atoms with Crippen molar-refractivity contribution in [2.45, 2.75) is 39.2 Å². The van der Waals surface area contributed by atoms with Gasteiger partial charge in [0.2, 0.25) is 0 Å². The number of ether oxygens (including phenoxy) is 1. The third-order valence-corrected chi connectivity index (χ3v) is 3.46. The van der Waals surface area contributed by atoms with E-state index in [1.54, 1.807) is 7.11 Å². The summed E-state index contributed by atoms with van der Waals surface area (Å²) in [5, 5.41) is 0. The van der Waals surface area contributed by atoms with Crippen molar-refractivity contribution in [1.82, 2.24) is 0 Å². The molecule has 2 heteroatoms. The van der Waals surface area contributed by atoms with Gasteiger partial charge in [-0.15, -0.1) is 0 Å². The second kappa shape index (κ2) is 6.64. The van der Waals surface area contributed by atoms with Gasteiger partial charge in [-0.25, -0.2) is 0 Å². The minimum absolute atomic E-state index is 0.157. The zero-order valence-electron chi connectivity index (χ0n) is 10.6. The van der Waals surface area contributed by atoms with Gasteiger partial charge in [-0.3, -0.25) is 4.99 Å². The Hall–Kier alpha value is -0.890. The first kappa shape index (κ1) is 13.2. The van der Waals surface area contributed by atoms with Crippen LogP contribution in [-0.2, 0) is 4.74 Å². The Bertz CT molecular complexity index is 280. The van der Waals surface area contributed by atoms with Gasteiger partial charge in [-0.05, 0) is 37.5 Å². The first-order chi connectivity index (χ1) is 7.69. The molecule has 1 rings (SSSR count). The SMILES string of the molecule is C=N/C=C(/C=C\C(C)OC)C1CCCC1C. The summed E-state index contributed by atoms with van der Waals surface area (Å²) in [6, 6.07) is 0. The van der Waals surface area contributed by atoms with E-state index in [0.29, 0.717) is 5.92 Å². The van der Waals surface area contributed by atoms with Gasteiger partial charge >= 0.3 is 0 Å². The van der Waals surface area contributed by atoms with Gasteiger partial charge in [-0.1, -0.05) is 31.9 Å². The van der Waals surface area contributed by atoms with E-state index in [2.05, 4.69) is 30.8 Å². The molecule has 0 aliphatic heterocycles. The molecule has 0 saturated heterocycles. The van der Waals surface area contributed by atoms with E-state index in [0.717, 1.165) is 5.92 Å². The van der Waals surface area contributed by atoms with Gasteiger partial charge in [0.25, 0.3) is 0 Å². The molecule has 1 saturated carbocycles. The molecule has 3 atom stereocenters. The molecule has 90 valence electrons. The molecule has 16 heavy (non-hydrogen) atoms. The van der Waals surface area contributed by atoms with E-state index in [9.17, 15) is 0 Å². The predicted molar refractivity (Wildman–Crippen MR) is 69.7 cm³/mol. The number of allylic oxidation sites excluding steroid dienone is 2. The molecule has 1 aliphatic rings. The fraction of sp³-hybridized carbons (Fsp3) is 0.643. The van der Waals surface area contributed by atoms with Gasteiger partial charge in [-0.2, -0.15) is 0 Å². The lowest BCUT2D eigenvalue weighted by atomic mass is 9.90. The molecule has 0 aromatic rings. The van der Waals surface area contributed by atoms with E-state index >= 15 is 0 Å². The van der Waals surface area contributed by atoms with Crippen LogP contribution in [0.3, 0.4) is 0 Å². The van der Waals surface area contributed by atoms with E-state index in [-0.39, 0.29) is 6.10 Å². The Labute approximate surface area is 99.1 Å². The van der Waals surface area contributed by atoms with Gasteiger partial charge in [0.15, 0.2) is 0 Å². The molecule has 0 aromatic heterocycles.